The first-order valence-electron chi connectivity index (χ1n) is 6.20. The number of carbonyl (C=O) groups is 1. The number of anilines is 1. The standard InChI is InChI=1S/C14H19NO5S/c1-8-6-12(15-10(3)9(2)11(4)16)13(20-5)7-14(8)21(17,18)19/h6-7,9,15H,3H2,1-2,4-5H3,(H,17,18,19). The highest BCUT2D eigenvalue weighted by Gasteiger charge is 2.19. The second kappa shape index (κ2) is 6.28. The zero-order valence-corrected chi connectivity index (χ0v) is 13.2. The Kier molecular flexibility index (Phi) is 5.14. The molecule has 0 aliphatic heterocycles. The highest BCUT2D eigenvalue weighted by molar-refractivity contribution is 7.85. The first kappa shape index (κ1) is 17.2. The third kappa shape index (κ3) is 4.05. The lowest BCUT2D eigenvalue weighted by Gasteiger charge is -2.18. The third-order valence-corrected chi connectivity index (χ3v) is 4.20. The lowest BCUT2D eigenvalue weighted by Crippen LogP contribution is -2.15. The summed E-state index contributed by atoms with van der Waals surface area (Å²) >= 11 is 0. The smallest absolute Gasteiger partial charge is 0.294 e. The summed E-state index contributed by atoms with van der Waals surface area (Å²) in [5, 5.41) is 2.95. The topological polar surface area (TPSA) is 92.7 Å². The maximum Gasteiger partial charge on any atom is 0.294 e. The van der Waals surface area contributed by atoms with Crippen molar-refractivity contribution in [2.45, 2.75) is 25.7 Å². The van der Waals surface area contributed by atoms with Crippen LogP contribution >= 0.6 is 0 Å². The van der Waals surface area contributed by atoms with Gasteiger partial charge in [0.05, 0.1) is 18.7 Å². The Labute approximate surface area is 124 Å². The van der Waals surface area contributed by atoms with Crippen LogP contribution in [0.1, 0.15) is 19.4 Å². The van der Waals surface area contributed by atoms with Crippen molar-refractivity contribution in [3.8, 4) is 5.75 Å². The number of benzene rings is 1. The molecule has 0 saturated heterocycles. The van der Waals surface area contributed by atoms with Crippen molar-refractivity contribution < 1.29 is 22.5 Å². The lowest BCUT2D eigenvalue weighted by molar-refractivity contribution is -0.119. The first-order chi connectivity index (χ1) is 9.57. The van der Waals surface area contributed by atoms with Crippen LogP contribution in [0, 0.1) is 12.8 Å². The molecule has 0 heterocycles. The molecule has 0 amide bonds. The highest BCUT2D eigenvalue weighted by Crippen LogP contribution is 2.32. The van der Waals surface area contributed by atoms with Gasteiger partial charge in [-0.05, 0) is 32.4 Å². The molecule has 0 spiro atoms. The molecule has 1 atom stereocenters. The fourth-order valence-electron chi connectivity index (χ4n) is 1.74. The van der Waals surface area contributed by atoms with Gasteiger partial charge in [0.1, 0.15) is 16.4 Å². The number of carbonyl (C=O) groups excluding carboxylic acids is 1. The van der Waals surface area contributed by atoms with Gasteiger partial charge in [-0.3, -0.25) is 9.35 Å². The number of ether oxygens (including phenoxy) is 1. The lowest BCUT2D eigenvalue weighted by atomic mass is 10.0. The Bertz CT molecular complexity index is 679. The van der Waals surface area contributed by atoms with Crippen molar-refractivity contribution in [1.82, 2.24) is 0 Å². The third-order valence-electron chi connectivity index (χ3n) is 3.20. The number of nitrogens with one attached hydrogen (secondary N) is 1. The van der Waals surface area contributed by atoms with E-state index in [9.17, 15) is 13.2 Å². The normalized spacial score (nSPS) is 12.6. The molecule has 1 rings (SSSR count). The van der Waals surface area contributed by atoms with Gasteiger partial charge in [-0.2, -0.15) is 8.42 Å². The minimum absolute atomic E-state index is 0.0438. The fourth-order valence-corrected chi connectivity index (χ4v) is 2.46. The number of rotatable bonds is 6. The Morgan fingerprint density at radius 3 is 2.43 bits per heavy atom. The van der Waals surface area contributed by atoms with E-state index in [2.05, 4.69) is 11.9 Å². The van der Waals surface area contributed by atoms with Crippen LogP contribution in [-0.2, 0) is 14.9 Å². The van der Waals surface area contributed by atoms with E-state index in [1.54, 1.807) is 13.8 Å². The predicted molar refractivity (Wildman–Crippen MR) is 80.2 cm³/mol. The van der Waals surface area contributed by atoms with Crippen LogP contribution in [0.2, 0.25) is 0 Å². The molecular formula is C14H19NO5S. The number of aryl methyl sites for hydroxylation is 1. The molecular weight excluding hydrogens is 294 g/mol. The molecule has 0 radical (unpaired) electrons. The van der Waals surface area contributed by atoms with Crippen LogP contribution in [-0.4, -0.2) is 25.9 Å². The Balaban J connectivity index is 3.24. The molecule has 0 aromatic heterocycles. The minimum Gasteiger partial charge on any atom is -0.495 e. The van der Waals surface area contributed by atoms with E-state index >= 15 is 0 Å². The number of methoxy groups -OCH3 is 1. The molecule has 0 bridgehead atoms. The summed E-state index contributed by atoms with van der Waals surface area (Å²) in [5.74, 6) is -0.209. The van der Waals surface area contributed by atoms with Crippen molar-refractivity contribution in [3.05, 3.63) is 30.0 Å². The zero-order valence-electron chi connectivity index (χ0n) is 12.4. The molecule has 0 fully saturated rings. The first-order valence-corrected chi connectivity index (χ1v) is 7.64. The summed E-state index contributed by atoms with van der Waals surface area (Å²) in [7, 11) is -2.95. The summed E-state index contributed by atoms with van der Waals surface area (Å²) in [4.78, 5) is 11.1. The average molecular weight is 313 g/mol. The number of Topliss-reactive ketones (excluding diaryl/α,β-unsaturated/α-hetero) is 1. The van der Waals surface area contributed by atoms with E-state index in [-0.39, 0.29) is 16.4 Å². The van der Waals surface area contributed by atoms with Gasteiger partial charge in [0.15, 0.2) is 0 Å². The van der Waals surface area contributed by atoms with Crippen molar-refractivity contribution in [2.75, 3.05) is 12.4 Å². The van der Waals surface area contributed by atoms with Gasteiger partial charge >= 0.3 is 0 Å². The van der Waals surface area contributed by atoms with Crippen LogP contribution in [0.25, 0.3) is 0 Å². The average Bonchev–Trinajstić information content (AvgIpc) is 2.36. The zero-order chi connectivity index (χ0) is 16.4. The van der Waals surface area contributed by atoms with Gasteiger partial charge in [-0.1, -0.05) is 6.58 Å². The van der Waals surface area contributed by atoms with E-state index in [1.807, 2.05) is 0 Å². The van der Waals surface area contributed by atoms with Gasteiger partial charge in [-0.25, -0.2) is 0 Å². The molecule has 2 N–H and O–H groups in total. The van der Waals surface area contributed by atoms with E-state index in [1.165, 1.54) is 26.2 Å². The number of hydrogen-bond donors (Lipinski definition) is 2. The number of hydrogen-bond acceptors (Lipinski definition) is 5. The molecule has 1 unspecified atom stereocenters. The fraction of sp³-hybridized carbons (Fsp3) is 0.357. The van der Waals surface area contributed by atoms with Crippen LogP contribution in [0.4, 0.5) is 5.69 Å². The summed E-state index contributed by atoms with van der Waals surface area (Å²) in [6, 6.07) is 2.73. The quantitative estimate of drug-likeness (QED) is 0.783. The molecule has 0 aliphatic carbocycles. The van der Waals surface area contributed by atoms with Crippen LogP contribution in [0.5, 0.6) is 5.75 Å². The molecule has 1 aromatic rings. The summed E-state index contributed by atoms with van der Waals surface area (Å²) in [6.07, 6.45) is 0. The molecule has 116 valence electrons. The van der Waals surface area contributed by atoms with Gasteiger partial charge < -0.3 is 10.1 Å². The number of ketones is 1. The Morgan fingerprint density at radius 2 is 2.00 bits per heavy atom. The summed E-state index contributed by atoms with van der Waals surface area (Å²) in [6.45, 7) is 8.51. The van der Waals surface area contributed by atoms with Crippen molar-refractivity contribution >= 4 is 21.6 Å². The second-order valence-electron chi connectivity index (χ2n) is 4.78. The Hall–Kier alpha value is -1.86. The van der Waals surface area contributed by atoms with Crippen LogP contribution in [0.15, 0.2) is 29.3 Å². The van der Waals surface area contributed by atoms with E-state index in [0.717, 1.165) is 0 Å². The van der Waals surface area contributed by atoms with Crippen LogP contribution in [0.3, 0.4) is 0 Å². The highest BCUT2D eigenvalue weighted by atomic mass is 32.2. The monoisotopic (exact) mass is 313 g/mol. The van der Waals surface area contributed by atoms with Gasteiger partial charge in [-0.15, -0.1) is 0 Å². The second-order valence-corrected chi connectivity index (χ2v) is 6.17. The summed E-state index contributed by atoms with van der Waals surface area (Å²) in [5.41, 5.74) is 1.30. The van der Waals surface area contributed by atoms with Crippen molar-refractivity contribution in [1.29, 1.82) is 0 Å². The predicted octanol–water partition coefficient (Wildman–Crippen LogP) is 2.40. The maximum atomic E-state index is 11.3. The SMILES string of the molecule is C=C(Nc1cc(C)c(S(=O)(=O)O)cc1OC)C(C)C(C)=O. The van der Waals surface area contributed by atoms with E-state index in [0.29, 0.717) is 16.9 Å². The van der Waals surface area contributed by atoms with Gasteiger partial charge in [0.25, 0.3) is 10.1 Å². The summed E-state index contributed by atoms with van der Waals surface area (Å²) < 4.78 is 36.8. The van der Waals surface area contributed by atoms with Crippen molar-refractivity contribution in [3.63, 3.8) is 0 Å². The molecule has 1 aromatic carbocycles. The maximum absolute atomic E-state index is 11.3. The molecule has 0 saturated carbocycles. The number of allylic oxidation sites excluding steroid dienone is 1. The molecule has 7 heteroatoms. The minimum atomic E-state index is -4.33. The largest absolute Gasteiger partial charge is 0.495 e. The van der Waals surface area contributed by atoms with Gasteiger partial charge in [0, 0.05) is 11.8 Å². The molecule has 6 nitrogen and oxygen atoms in total. The van der Waals surface area contributed by atoms with E-state index < -0.39 is 16.0 Å². The van der Waals surface area contributed by atoms with E-state index in [4.69, 9.17) is 9.29 Å². The van der Waals surface area contributed by atoms with Crippen LogP contribution < -0.4 is 10.1 Å². The van der Waals surface area contributed by atoms with Gasteiger partial charge in [0.2, 0.25) is 0 Å². The Morgan fingerprint density at radius 1 is 1.43 bits per heavy atom. The molecule has 21 heavy (non-hydrogen) atoms. The van der Waals surface area contributed by atoms with Crippen molar-refractivity contribution in [2.24, 2.45) is 5.92 Å². The molecule has 0 aliphatic rings.